The van der Waals surface area contributed by atoms with Crippen LogP contribution in [0.2, 0.25) is 0 Å². The van der Waals surface area contributed by atoms with E-state index in [4.69, 9.17) is 4.42 Å². The molecule has 1 aliphatic rings. The van der Waals surface area contributed by atoms with Gasteiger partial charge in [0.05, 0.1) is 11.2 Å². The quantitative estimate of drug-likeness (QED) is 0.198. The Labute approximate surface area is 274 Å². The Morgan fingerprint density at radius 3 is 1.81 bits per heavy atom. The molecule has 0 fully saturated rings. The first-order chi connectivity index (χ1) is 23.2. The Hall–Kier alpha value is -5.86. The molecule has 0 saturated carbocycles. The lowest BCUT2D eigenvalue weighted by Gasteiger charge is -2.38. The molecule has 2 nitrogen and oxygen atoms in total. The summed E-state index contributed by atoms with van der Waals surface area (Å²) in [7, 11) is 0. The van der Waals surface area contributed by atoms with Crippen LogP contribution in [-0.4, -0.2) is 5.54 Å². The molecule has 0 spiro atoms. The third-order valence-electron chi connectivity index (χ3n) is 9.88. The molecule has 7 aromatic carbocycles. The van der Waals surface area contributed by atoms with E-state index in [2.05, 4.69) is 176 Å². The van der Waals surface area contributed by atoms with Gasteiger partial charge in [-0.15, -0.1) is 0 Å². The summed E-state index contributed by atoms with van der Waals surface area (Å²) < 4.78 is 6.31. The fraction of sp³-hybridized carbons (Fsp3) is 0.0667. The molecule has 1 aromatic heterocycles. The molecule has 47 heavy (non-hydrogen) atoms. The van der Waals surface area contributed by atoms with Gasteiger partial charge in [0.15, 0.2) is 0 Å². The first-order valence-electron chi connectivity index (χ1n) is 16.3. The third kappa shape index (κ3) is 4.48. The molecule has 2 heteroatoms. The minimum atomic E-state index is -0.411. The van der Waals surface area contributed by atoms with Crippen molar-refractivity contribution in [2.24, 2.45) is 0 Å². The largest absolute Gasteiger partial charge is 0.456 e. The fourth-order valence-corrected chi connectivity index (χ4v) is 7.64. The topological polar surface area (TPSA) is 25.2 Å². The number of hydrogen-bond acceptors (Lipinski definition) is 2. The summed E-state index contributed by atoms with van der Waals surface area (Å²) in [5.41, 5.74) is 8.76. The van der Waals surface area contributed by atoms with Crippen molar-refractivity contribution in [3.63, 3.8) is 0 Å². The van der Waals surface area contributed by atoms with Gasteiger partial charge < -0.3 is 9.73 Å². The van der Waals surface area contributed by atoms with Gasteiger partial charge in [0.25, 0.3) is 0 Å². The van der Waals surface area contributed by atoms with Crippen LogP contribution in [0.3, 0.4) is 0 Å². The molecule has 0 radical (unpaired) electrons. The van der Waals surface area contributed by atoms with Gasteiger partial charge >= 0.3 is 0 Å². The molecule has 0 saturated heterocycles. The second kappa shape index (κ2) is 10.9. The third-order valence-corrected chi connectivity index (χ3v) is 9.88. The van der Waals surface area contributed by atoms with Crippen molar-refractivity contribution < 1.29 is 4.42 Å². The van der Waals surface area contributed by atoms with E-state index in [9.17, 15) is 0 Å². The van der Waals surface area contributed by atoms with Crippen LogP contribution in [0, 0.1) is 0 Å². The van der Waals surface area contributed by atoms with Gasteiger partial charge in [0.2, 0.25) is 0 Å². The van der Waals surface area contributed by atoms with Gasteiger partial charge in [-0.05, 0) is 57.6 Å². The van der Waals surface area contributed by atoms with Crippen LogP contribution < -0.4 is 5.32 Å². The molecule has 1 heterocycles. The molecule has 0 amide bonds. The van der Waals surface area contributed by atoms with Gasteiger partial charge in [-0.1, -0.05) is 158 Å². The normalized spacial score (nSPS) is 17.6. The van der Waals surface area contributed by atoms with Crippen LogP contribution in [0.5, 0.6) is 0 Å². The summed E-state index contributed by atoms with van der Waals surface area (Å²) in [6, 6.07) is 52.1. The van der Waals surface area contributed by atoms with Gasteiger partial charge in [0, 0.05) is 27.5 Å². The highest BCUT2D eigenvalue weighted by molar-refractivity contribution is 6.20. The second-order valence-corrected chi connectivity index (χ2v) is 12.7. The van der Waals surface area contributed by atoms with Gasteiger partial charge in [-0.3, -0.25) is 0 Å². The summed E-state index contributed by atoms with van der Waals surface area (Å²) >= 11 is 0. The number of anilines is 1. The van der Waals surface area contributed by atoms with Crippen molar-refractivity contribution in [3.8, 4) is 22.3 Å². The summed E-state index contributed by atoms with van der Waals surface area (Å²) in [4.78, 5) is 0. The van der Waals surface area contributed by atoms with Crippen LogP contribution in [0.1, 0.15) is 18.4 Å². The van der Waals surface area contributed by atoms with Crippen molar-refractivity contribution in [2.75, 3.05) is 5.32 Å². The lowest BCUT2D eigenvalue weighted by Crippen LogP contribution is -2.39. The van der Waals surface area contributed by atoms with Crippen LogP contribution in [0.4, 0.5) is 5.69 Å². The molecular formula is C45H33NO. The molecule has 8 aromatic rings. The maximum Gasteiger partial charge on any atom is 0.135 e. The highest BCUT2D eigenvalue weighted by Crippen LogP contribution is 2.47. The van der Waals surface area contributed by atoms with Crippen molar-refractivity contribution in [1.82, 2.24) is 0 Å². The van der Waals surface area contributed by atoms with Crippen LogP contribution in [-0.2, 0) is 0 Å². The first kappa shape index (κ1) is 27.5. The Balaban J connectivity index is 1.21. The summed E-state index contributed by atoms with van der Waals surface area (Å²) in [5.74, 6) is 0.0694. The van der Waals surface area contributed by atoms with Gasteiger partial charge in [0.1, 0.15) is 11.2 Å². The minimum Gasteiger partial charge on any atom is -0.456 e. The molecule has 0 bridgehead atoms. The number of nitrogens with one attached hydrogen (secondary N) is 1. The lowest BCUT2D eigenvalue weighted by molar-refractivity contribution is 0.566. The zero-order valence-electron chi connectivity index (χ0n) is 26.2. The first-order valence-corrected chi connectivity index (χ1v) is 16.3. The zero-order valence-corrected chi connectivity index (χ0v) is 26.2. The van der Waals surface area contributed by atoms with E-state index in [0.29, 0.717) is 0 Å². The Morgan fingerprint density at radius 1 is 0.511 bits per heavy atom. The molecule has 2 atom stereocenters. The smallest absolute Gasteiger partial charge is 0.135 e. The van der Waals surface area contributed by atoms with Crippen molar-refractivity contribution in [1.29, 1.82) is 0 Å². The highest BCUT2D eigenvalue weighted by Gasteiger charge is 2.35. The Bertz CT molecular complexity index is 2440. The number of rotatable bonds is 5. The second-order valence-electron chi connectivity index (χ2n) is 12.7. The average Bonchev–Trinajstić information content (AvgIpc) is 3.52. The van der Waals surface area contributed by atoms with Gasteiger partial charge in [-0.2, -0.15) is 0 Å². The van der Waals surface area contributed by atoms with E-state index >= 15 is 0 Å². The molecule has 0 aliphatic heterocycles. The molecule has 9 rings (SSSR count). The average molecular weight is 604 g/mol. The molecular weight excluding hydrogens is 571 g/mol. The van der Waals surface area contributed by atoms with Crippen LogP contribution >= 0.6 is 0 Å². The van der Waals surface area contributed by atoms with E-state index in [0.717, 1.165) is 22.2 Å². The maximum absolute atomic E-state index is 6.31. The van der Waals surface area contributed by atoms with Crippen LogP contribution in [0.15, 0.2) is 174 Å². The molecule has 2 unspecified atom stereocenters. The Kier molecular flexibility index (Phi) is 6.36. The highest BCUT2D eigenvalue weighted by atomic mass is 16.3. The van der Waals surface area contributed by atoms with E-state index in [-0.39, 0.29) is 5.92 Å². The molecule has 1 aliphatic carbocycles. The molecule has 224 valence electrons. The summed E-state index contributed by atoms with van der Waals surface area (Å²) in [5, 5.41) is 11.4. The number of hydrogen-bond donors (Lipinski definition) is 1. The van der Waals surface area contributed by atoms with Crippen LogP contribution in [0.25, 0.3) is 65.7 Å². The number of fused-ring (bicyclic) bond motifs is 5. The van der Waals surface area contributed by atoms with Gasteiger partial charge in [-0.25, -0.2) is 0 Å². The maximum atomic E-state index is 6.31. The van der Waals surface area contributed by atoms with E-state index in [1.165, 1.54) is 54.7 Å². The van der Waals surface area contributed by atoms with E-state index in [1.807, 2.05) is 6.07 Å². The lowest BCUT2D eigenvalue weighted by atomic mass is 9.76. The standard InChI is InChI=1S/C45H33NO/c1-45(29-12-11-22-39(45)37-21-13-24-41-43(37)38-20-9-10-23-40(38)47-41)46-44-35-18-7-5-16-33(35)42(34-17-6-8-19-36(34)44)32-27-25-31(26-28-32)30-14-3-2-4-15-30/h2-29,39,46H,1H3. The Morgan fingerprint density at radius 2 is 1.09 bits per heavy atom. The summed E-state index contributed by atoms with van der Waals surface area (Å²) in [6.45, 7) is 2.32. The predicted molar refractivity (Wildman–Crippen MR) is 199 cm³/mol. The number of para-hydroxylation sites is 1. The fourth-order valence-electron chi connectivity index (χ4n) is 7.64. The van der Waals surface area contributed by atoms with E-state index in [1.54, 1.807) is 0 Å². The molecule has 1 N–H and O–H groups in total. The SMILES string of the molecule is CC1(Nc2c3ccccc3c(-c3ccc(-c4ccccc4)cc3)c3ccccc23)C=CC=CC1c1cccc2oc3ccccc3c12. The monoisotopic (exact) mass is 603 g/mol. The predicted octanol–water partition coefficient (Wildman–Crippen LogP) is 12.3. The van der Waals surface area contributed by atoms with Crippen molar-refractivity contribution >= 4 is 49.2 Å². The van der Waals surface area contributed by atoms with Crippen molar-refractivity contribution in [3.05, 3.63) is 175 Å². The van der Waals surface area contributed by atoms with E-state index < -0.39 is 5.54 Å². The zero-order chi connectivity index (χ0) is 31.4. The summed E-state index contributed by atoms with van der Waals surface area (Å²) in [6.07, 6.45) is 8.99. The number of furan rings is 1. The van der Waals surface area contributed by atoms with Crippen molar-refractivity contribution in [2.45, 2.75) is 18.4 Å². The minimum absolute atomic E-state index is 0.0694. The number of allylic oxidation sites excluding steroid dienone is 2. The number of benzene rings is 7.